The van der Waals surface area contributed by atoms with Gasteiger partial charge >= 0.3 is 0 Å². The normalized spacial score (nSPS) is 14.1. The lowest BCUT2D eigenvalue weighted by Crippen LogP contribution is -2.22. The molecule has 4 nitrogen and oxygen atoms in total. The molecule has 1 aromatic rings. The number of carbonyl (C=O) groups excluding carboxylic acids is 2. The molecular weight excluding hydrogens is 204 g/mol. The summed E-state index contributed by atoms with van der Waals surface area (Å²) in [6, 6.07) is 6.68. The van der Waals surface area contributed by atoms with Gasteiger partial charge in [0.1, 0.15) is 0 Å². The molecular formula is C12H8N2O2. The van der Waals surface area contributed by atoms with E-state index >= 15 is 0 Å². The summed E-state index contributed by atoms with van der Waals surface area (Å²) < 4.78 is 0. The molecule has 0 saturated heterocycles. The van der Waals surface area contributed by atoms with Crippen molar-refractivity contribution >= 4 is 23.4 Å². The number of isocyanates is 1. The number of rotatable bonds is 2. The van der Waals surface area contributed by atoms with Crippen LogP contribution in [0.2, 0.25) is 0 Å². The molecule has 0 bridgehead atoms. The molecule has 1 amide bonds. The van der Waals surface area contributed by atoms with Gasteiger partial charge in [0.15, 0.2) is 0 Å². The number of benzene rings is 1. The Labute approximate surface area is 92.2 Å². The number of hydrogen-bond acceptors (Lipinski definition) is 3. The third-order valence-corrected chi connectivity index (χ3v) is 2.21. The van der Waals surface area contributed by atoms with Gasteiger partial charge in [0.05, 0.1) is 5.69 Å². The Balaban J connectivity index is 2.32. The van der Waals surface area contributed by atoms with Crippen molar-refractivity contribution in [2.24, 2.45) is 4.99 Å². The first-order chi connectivity index (χ1) is 7.72. The topological polar surface area (TPSA) is 49.7 Å². The second-order valence-corrected chi connectivity index (χ2v) is 3.22. The number of amides is 1. The zero-order chi connectivity index (χ0) is 11.5. The van der Waals surface area contributed by atoms with Crippen molar-refractivity contribution in [1.29, 1.82) is 0 Å². The van der Waals surface area contributed by atoms with E-state index in [1.165, 1.54) is 17.1 Å². The molecule has 0 fully saturated rings. The lowest BCUT2D eigenvalue weighted by Gasteiger charge is -2.16. The van der Waals surface area contributed by atoms with Gasteiger partial charge in [-0.15, -0.1) is 0 Å². The van der Waals surface area contributed by atoms with Crippen molar-refractivity contribution in [1.82, 2.24) is 0 Å². The van der Waals surface area contributed by atoms with Gasteiger partial charge < -0.3 is 0 Å². The highest BCUT2D eigenvalue weighted by atomic mass is 16.2. The number of carbonyl (C=O) groups is 1. The Morgan fingerprint density at radius 1 is 1.19 bits per heavy atom. The average molecular weight is 212 g/mol. The molecule has 0 saturated carbocycles. The summed E-state index contributed by atoms with van der Waals surface area (Å²) >= 11 is 0. The first kappa shape index (κ1) is 10.1. The zero-order valence-electron chi connectivity index (χ0n) is 8.38. The average Bonchev–Trinajstić information content (AvgIpc) is 2.61. The van der Waals surface area contributed by atoms with Gasteiger partial charge in [-0.2, -0.15) is 4.99 Å². The summed E-state index contributed by atoms with van der Waals surface area (Å²) in [6.45, 7) is 3.75. The highest BCUT2D eigenvalue weighted by Crippen LogP contribution is 2.25. The third-order valence-electron chi connectivity index (χ3n) is 2.21. The van der Waals surface area contributed by atoms with E-state index in [4.69, 9.17) is 0 Å². The highest BCUT2D eigenvalue weighted by molar-refractivity contribution is 6.07. The molecule has 1 aliphatic heterocycles. The van der Waals surface area contributed by atoms with Gasteiger partial charge in [0.25, 0.3) is 5.91 Å². The maximum absolute atomic E-state index is 11.5. The fourth-order valence-electron chi connectivity index (χ4n) is 1.48. The maximum atomic E-state index is 11.5. The molecule has 1 heterocycles. The van der Waals surface area contributed by atoms with Crippen molar-refractivity contribution in [3.63, 3.8) is 0 Å². The first-order valence-corrected chi connectivity index (χ1v) is 4.61. The van der Waals surface area contributed by atoms with Crippen LogP contribution in [0.15, 0.2) is 53.7 Å². The van der Waals surface area contributed by atoms with Gasteiger partial charge in [-0.25, -0.2) is 4.79 Å². The van der Waals surface area contributed by atoms with Gasteiger partial charge in [-0.05, 0) is 30.3 Å². The van der Waals surface area contributed by atoms with Crippen LogP contribution in [0.25, 0.3) is 0 Å². The quantitative estimate of drug-likeness (QED) is 0.556. The fraction of sp³-hybridized carbons (Fsp3) is 0. The van der Waals surface area contributed by atoms with Crippen molar-refractivity contribution in [3.8, 4) is 0 Å². The minimum absolute atomic E-state index is 0.128. The van der Waals surface area contributed by atoms with Crippen LogP contribution in [-0.4, -0.2) is 12.0 Å². The monoisotopic (exact) mass is 212 g/mol. The first-order valence-electron chi connectivity index (χ1n) is 4.61. The molecule has 0 aromatic heterocycles. The Hall–Kier alpha value is -2.45. The van der Waals surface area contributed by atoms with Gasteiger partial charge in [-0.1, -0.05) is 6.58 Å². The lowest BCUT2D eigenvalue weighted by atomic mass is 10.2. The van der Waals surface area contributed by atoms with Crippen LogP contribution in [0.1, 0.15) is 0 Å². The van der Waals surface area contributed by atoms with Crippen molar-refractivity contribution in [2.75, 3.05) is 4.90 Å². The SMILES string of the molecule is C=C1C=CC(=O)N1c1ccc(N=C=O)cc1. The third kappa shape index (κ3) is 1.69. The smallest absolute Gasteiger partial charge is 0.255 e. The van der Waals surface area contributed by atoms with E-state index in [2.05, 4.69) is 11.6 Å². The standard InChI is InChI=1S/C12H8N2O2/c1-9-2-7-12(16)14(9)11-5-3-10(4-6-11)13-8-15/h2-7H,1H2. The number of allylic oxidation sites excluding steroid dienone is 1. The lowest BCUT2D eigenvalue weighted by molar-refractivity contribution is -0.113. The summed E-state index contributed by atoms with van der Waals surface area (Å²) in [5.41, 5.74) is 1.82. The molecule has 78 valence electrons. The molecule has 0 spiro atoms. The number of nitrogens with zero attached hydrogens (tertiary/aromatic N) is 2. The summed E-state index contributed by atoms with van der Waals surface area (Å²) in [6.07, 6.45) is 4.57. The second-order valence-electron chi connectivity index (χ2n) is 3.22. The zero-order valence-corrected chi connectivity index (χ0v) is 8.38. The highest BCUT2D eigenvalue weighted by Gasteiger charge is 2.19. The molecule has 0 N–H and O–H groups in total. The molecule has 0 atom stereocenters. The van der Waals surface area contributed by atoms with E-state index in [9.17, 15) is 9.59 Å². The Kier molecular flexibility index (Phi) is 2.50. The summed E-state index contributed by atoms with van der Waals surface area (Å²) in [5.74, 6) is -0.128. The summed E-state index contributed by atoms with van der Waals surface area (Å²) in [4.78, 5) is 26.5. The molecule has 0 radical (unpaired) electrons. The van der Waals surface area contributed by atoms with Crippen molar-refractivity contribution in [3.05, 3.63) is 48.7 Å². The molecule has 1 aromatic carbocycles. The Morgan fingerprint density at radius 2 is 1.88 bits per heavy atom. The van der Waals surface area contributed by atoms with E-state index in [1.54, 1.807) is 30.3 Å². The molecule has 16 heavy (non-hydrogen) atoms. The van der Waals surface area contributed by atoms with Crippen LogP contribution in [0.5, 0.6) is 0 Å². The minimum atomic E-state index is -0.128. The van der Waals surface area contributed by atoms with E-state index < -0.39 is 0 Å². The van der Waals surface area contributed by atoms with E-state index in [-0.39, 0.29) is 5.91 Å². The number of anilines is 1. The van der Waals surface area contributed by atoms with Crippen LogP contribution in [0.3, 0.4) is 0 Å². The Morgan fingerprint density at radius 3 is 2.38 bits per heavy atom. The van der Waals surface area contributed by atoms with Gasteiger partial charge in [0, 0.05) is 17.5 Å². The van der Waals surface area contributed by atoms with Crippen LogP contribution in [0, 0.1) is 0 Å². The van der Waals surface area contributed by atoms with Crippen molar-refractivity contribution in [2.45, 2.75) is 0 Å². The largest absolute Gasteiger partial charge is 0.278 e. The molecule has 0 unspecified atom stereocenters. The molecule has 1 aliphatic rings. The van der Waals surface area contributed by atoms with Crippen LogP contribution < -0.4 is 4.90 Å². The summed E-state index contributed by atoms with van der Waals surface area (Å²) in [7, 11) is 0. The number of hydrogen-bond donors (Lipinski definition) is 0. The van der Waals surface area contributed by atoms with E-state index in [0.717, 1.165) is 0 Å². The number of aliphatic imine (C=N–C) groups is 1. The Bertz CT molecular complexity index is 504. The predicted octanol–water partition coefficient (Wildman–Crippen LogP) is 2.07. The van der Waals surface area contributed by atoms with Crippen molar-refractivity contribution < 1.29 is 9.59 Å². The van der Waals surface area contributed by atoms with E-state index in [0.29, 0.717) is 17.1 Å². The molecule has 4 heteroatoms. The molecule has 2 rings (SSSR count). The fourth-order valence-corrected chi connectivity index (χ4v) is 1.48. The van der Waals surface area contributed by atoms with Gasteiger partial charge in [0.2, 0.25) is 6.08 Å². The summed E-state index contributed by atoms with van der Waals surface area (Å²) in [5, 5.41) is 0. The van der Waals surface area contributed by atoms with Crippen LogP contribution >= 0.6 is 0 Å². The van der Waals surface area contributed by atoms with E-state index in [1.807, 2.05) is 0 Å². The van der Waals surface area contributed by atoms with Gasteiger partial charge in [-0.3, -0.25) is 9.69 Å². The van der Waals surface area contributed by atoms with Crippen LogP contribution in [-0.2, 0) is 9.59 Å². The molecule has 0 aliphatic carbocycles. The second kappa shape index (κ2) is 3.96. The predicted molar refractivity (Wildman–Crippen MR) is 60.0 cm³/mol. The minimum Gasteiger partial charge on any atom is -0.278 e. The maximum Gasteiger partial charge on any atom is 0.255 e. The van der Waals surface area contributed by atoms with Crippen LogP contribution in [0.4, 0.5) is 11.4 Å².